The van der Waals surface area contributed by atoms with Crippen LogP contribution in [0.25, 0.3) is 0 Å². The molecular weight excluding hydrogens is 351 g/mol. The van der Waals surface area contributed by atoms with Crippen molar-refractivity contribution in [3.8, 4) is 0 Å². The van der Waals surface area contributed by atoms with Crippen LogP contribution in [0.15, 0.2) is 0 Å². The van der Waals surface area contributed by atoms with Crippen LogP contribution in [0.2, 0.25) is 0 Å². The summed E-state index contributed by atoms with van der Waals surface area (Å²) in [4.78, 5) is 0. The molecule has 0 aromatic rings. The fraction of sp³-hybridized carbons (Fsp3) is 1.00. The monoisotopic (exact) mass is 361 g/mol. The summed E-state index contributed by atoms with van der Waals surface area (Å²) >= 11 is 2.81. The van der Waals surface area contributed by atoms with Gasteiger partial charge in [-0.2, -0.15) is 17.5 Å². The first-order chi connectivity index (χ1) is 7.37. The summed E-state index contributed by atoms with van der Waals surface area (Å²) in [5.74, 6) is 0. The van der Waals surface area contributed by atoms with Crippen molar-refractivity contribution in [2.24, 2.45) is 0 Å². The number of sulfonamides is 1. The van der Waals surface area contributed by atoms with Crippen LogP contribution in [0.5, 0.6) is 0 Å². The van der Waals surface area contributed by atoms with Gasteiger partial charge in [-0.05, 0) is 0 Å². The zero-order valence-corrected chi connectivity index (χ0v) is 12.0. The summed E-state index contributed by atoms with van der Waals surface area (Å²) in [5, 5.41) is -1.35. The first-order valence-electron chi connectivity index (χ1n) is 4.16. The van der Waals surface area contributed by atoms with Crippen LogP contribution in [-0.4, -0.2) is 57.1 Å². The van der Waals surface area contributed by atoms with Crippen molar-refractivity contribution in [2.45, 2.75) is 6.18 Å². The van der Waals surface area contributed by atoms with E-state index in [0.29, 0.717) is 6.26 Å². The molecular formula is C6H11BrF3NO4S2. The number of hydrogen-bond donors (Lipinski definition) is 0. The molecule has 0 aromatic carbocycles. The van der Waals surface area contributed by atoms with E-state index in [1.165, 1.54) is 0 Å². The molecule has 0 aliphatic heterocycles. The van der Waals surface area contributed by atoms with Gasteiger partial charge in [0.25, 0.3) is 0 Å². The Morgan fingerprint density at radius 2 is 1.65 bits per heavy atom. The fourth-order valence-corrected chi connectivity index (χ4v) is 5.09. The molecule has 0 saturated carbocycles. The first-order valence-corrected chi connectivity index (χ1v) is 8.95. The number of hydrogen-bond acceptors (Lipinski definition) is 4. The molecule has 0 heterocycles. The molecule has 0 saturated heterocycles. The Labute approximate surface area is 106 Å². The van der Waals surface area contributed by atoms with E-state index in [-0.39, 0.29) is 9.64 Å². The van der Waals surface area contributed by atoms with Crippen molar-refractivity contribution in [3.05, 3.63) is 0 Å². The van der Waals surface area contributed by atoms with Crippen LogP contribution in [0.3, 0.4) is 0 Å². The minimum Gasteiger partial charge on any atom is -0.228 e. The highest BCUT2D eigenvalue weighted by Gasteiger charge is 2.37. The Balaban J connectivity index is 5.06. The number of halogens is 4. The van der Waals surface area contributed by atoms with Gasteiger partial charge in [-0.3, -0.25) is 0 Å². The third kappa shape index (κ3) is 7.95. The molecule has 0 bridgehead atoms. The molecule has 0 spiro atoms. The lowest BCUT2D eigenvalue weighted by Gasteiger charge is -2.21. The molecule has 17 heavy (non-hydrogen) atoms. The molecule has 0 aromatic heterocycles. The second-order valence-electron chi connectivity index (χ2n) is 3.29. The highest BCUT2D eigenvalue weighted by atomic mass is 79.9. The van der Waals surface area contributed by atoms with Crippen LogP contribution >= 0.6 is 15.9 Å². The molecule has 0 radical (unpaired) electrons. The highest BCUT2D eigenvalue weighted by molar-refractivity contribution is 9.09. The molecule has 0 aliphatic rings. The summed E-state index contributed by atoms with van der Waals surface area (Å²) in [7, 11) is -8.39. The minimum absolute atomic E-state index is 0.0218. The smallest absolute Gasteiger partial charge is 0.228 e. The van der Waals surface area contributed by atoms with Crippen LogP contribution in [0.1, 0.15) is 0 Å². The van der Waals surface area contributed by atoms with Crippen molar-refractivity contribution < 1.29 is 30.0 Å². The Hall–Kier alpha value is 0.130. The van der Waals surface area contributed by atoms with Crippen molar-refractivity contribution in [3.63, 3.8) is 0 Å². The average molecular weight is 362 g/mol. The van der Waals surface area contributed by atoms with Crippen molar-refractivity contribution in [2.75, 3.05) is 29.8 Å². The molecule has 0 rings (SSSR count). The van der Waals surface area contributed by atoms with Gasteiger partial charge in [-0.15, -0.1) is 0 Å². The first kappa shape index (κ1) is 17.1. The van der Waals surface area contributed by atoms with Gasteiger partial charge in [0.2, 0.25) is 10.0 Å². The summed E-state index contributed by atoms with van der Waals surface area (Å²) in [6.07, 6.45) is -4.07. The quantitative estimate of drug-likeness (QED) is 0.648. The molecule has 0 aliphatic carbocycles. The van der Waals surface area contributed by atoms with Gasteiger partial charge < -0.3 is 0 Å². The van der Waals surface area contributed by atoms with E-state index in [1.54, 1.807) is 0 Å². The Morgan fingerprint density at radius 1 is 1.18 bits per heavy atom. The molecule has 0 N–H and O–H groups in total. The zero-order valence-electron chi connectivity index (χ0n) is 8.74. The van der Waals surface area contributed by atoms with Crippen LogP contribution < -0.4 is 0 Å². The van der Waals surface area contributed by atoms with E-state index in [1.807, 2.05) is 0 Å². The van der Waals surface area contributed by atoms with Gasteiger partial charge >= 0.3 is 6.18 Å². The Bertz CT molecular complexity index is 444. The molecule has 0 amide bonds. The molecule has 5 nitrogen and oxygen atoms in total. The number of sulfone groups is 1. The van der Waals surface area contributed by atoms with E-state index in [0.717, 1.165) is 0 Å². The standard InChI is InChI=1S/C6H11BrF3NO4S2/c1-16(12,13)5-17(14,15)11(3-2-7)4-6(8,9)10/h2-5H2,1H3. The van der Waals surface area contributed by atoms with Crippen molar-refractivity contribution >= 4 is 35.8 Å². The largest absolute Gasteiger partial charge is 0.402 e. The topological polar surface area (TPSA) is 71.5 Å². The predicted octanol–water partition coefficient (Wildman–Crippen LogP) is 0.578. The highest BCUT2D eigenvalue weighted by Crippen LogP contribution is 2.19. The summed E-state index contributed by atoms with van der Waals surface area (Å²) in [6.45, 7) is -2.15. The second-order valence-corrected chi connectivity index (χ2v) is 8.56. The molecule has 11 heteroatoms. The third-order valence-corrected chi connectivity index (χ3v) is 5.80. The Morgan fingerprint density at radius 3 is 1.94 bits per heavy atom. The summed E-state index contributed by atoms with van der Waals surface area (Å²) in [6, 6.07) is 0. The van der Waals surface area contributed by atoms with E-state index in [2.05, 4.69) is 15.9 Å². The van der Waals surface area contributed by atoms with Gasteiger partial charge in [0, 0.05) is 18.1 Å². The van der Waals surface area contributed by atoms with E-state index in [4.69, 9.17) is 0 Å². The maximum absolute atomic E-state index is 12.1. The third-order valence-electron chi connectivity index (χ3n) is 1.45. The van der Waals surface area contributed by atoms with Gasteiger partial charge in [-0.1, -0.05) is 15.9 Å². The van der Waals surface area contributed by atoms with Crippen molar-refractivity contribution in [1.82, 2.24) is 4.31 Å². The lowest BCUT2D eigenvalue weighted by molar-refractivity contribution is -0.135. The molecule has 0 atom stereocenters. The number of alkyl halides is 4. The molecule has 0 unspecified atom stereocenters. The predicted molar refractivity (Wildman–Crippen MR) is 60.1 cm³/mol. The van der Waals surface area contributed by atoms with Gasteiger partial charge in [-0.25, -0.2) is 16.8 Å². The maximum atomic E-state index is 12.1. The van der Waals surface area contributed by atoms with E-state index in [9.17, 15) is 30.0 Å². The molecule has 0 fully saturated rings. The second kappa shape index (κ2) is 5.85. The lowest BCUT2D eigenvalue weighted by atomic mass is 10.6. The SMILES string of the molecule is CS(=O)(=O)CS(=O)(=O)N(CCBr)CC(F)(F)F. The number of rotatable bonds is 6. The van der Waals surface area contributed by atoms with Gasteiger partial charge in [0.1, 0.15) is 6.54 Å². The summed E-state index contributed by atoms with van der Waals surface area (Å²) in [5.41, 5.74) is 0. The van der Waals surface area contributed by atoms with E-state index >= 15 is 0 Å². The van der Waals surface area contributed by atoms with Gasteiger partial charge in [0.15, 0.2) is 14.9 Å². The normalized spacial score (nSPS) is 14.2. The maximum Gasteiger partial charge on any atom is 0.402 e. The lowest BCUT2D eigenvalue weighted by Crippen LogP contribution is -2.42. The van der Waals surface area contributed by atoms with Crippen LogP contribution in [-0.2, 0) is 19.9 Å². The fourth-order valence-electron chi connectivity index (χ4n) is 0.956. The van der Waals surface area contributed by atoms with Crippen LogP contribution in [0.4, 0.5) is 13.2 Å². The van der Waals surface area contributed by atoms with Crippen molar-refractivity contribution in [1.29, 1.82) is 0 Å². The molecule has 104 valence electrons. The average Bonchev–Trinajstić information content (AvgIpc) is 1.95. The number of nitrogens with zero attached hydrogens (tertiary/aromatic N) is 1. The summed E-state index contributed by atoms with van der Waals surface area (Å²) < 4.78 is 81.0. The zero-order chi connectivity index (χ0) is 13.9. The van der Waals surface area contributed by atoms with Gasteiger partial charge in [0.05, 0.1) is 0 Å². The van der Waals surface area contributed by atoms with E-state index < -0.39 is 44.2 Å². The van der Waals surface area contributed by atoms with Crippen LogP contribution in [0, 0.1) is 0 Å². The Kier molecular flexibility index (Phi) is 5.89. The minimum atomic E-state index is -4.72.